The van der Waals surface area contributed by atoms with Gasteiger partial charge in [-0.2, -0.15) is 5.10 Å². The van der Waals surface area contributed by atoms with Crippen LogP contribution in [0.2, 0.25) is 0 Å². The molecule has 6 rings (SSSR count). The number of nitrogens with zero attached hydrogens (tertiary/aromatic N) is 3. The number of nitrogens with one attached hydrogen (secondary N) is 2. The van der Waals surface area contributed by atoms with Gasteiger partial charge < -0.3 is 4.98 Å². The van der Waals surface area contributed by atoms with Crippen LogP contribution in [0.3, 0.4) is 0 Å². The van der Waals surface area contributed by atoms with Crippen LogP contribution in [-0.2, 0) is 0 Å². The number of halogens is 1. The van der Waals surface area contributed by atoms with E-state index in [1.54, 1.807) is 18.5 Å². The Hall–Kier alpha value is -4.32. The predicted octanol–water partition coefficient (Wildman–Crippen LogP) is 6.28. The first kappa shape index (κ1) is 18.4. The maximum atomic E-state index is 14.1. The Morgan fingerprint density at radius 1 is 0.812 bits per heavy atom. The summed E-state index contributed by atoms with van der Waals surface area (Å²) in [5, 5.41) is 9.59. The van der Waals surface area contributed by atoms with Crippen molar-refractivity contribution >= 4 is 21.8 Å². The molecule has 0 fully saturated rings. The lowest BCUT2D eigenvalue weighted by atomic mass is 9.99. The minimum atomic E-state index is -0.236. The third-order valence-corrected chi connectivity index (χ3v) is 5.65. The van der Waals surface area contributed by atoms with Gasteiger partial charge in [0.15, 0.2) is 0 Å². The normalized spacial score (nSPS) is 11.4. The largest absolute Gasteiger partial charge is 0.353 e. The van der Waals surface area contributed by atoms with E-state index in [2.05, 4.69) is 31.2 Å². The van der Waals surface area contributed by atoms with Gasteiger partial charge in [-0.3, -0.25) is 15.1 Å². The van der Waals surface area contributed by atoms with Crippen LogP contribution in [0.25, 0.3) is 55.7 Å². The molecular weight excluding hydrogens is 401 g/mol. The quantitative estimate of drug-likeness (QED) is 0.354. The summed E-state index contributed by atoms with van der Waals surface area (Å²) in [5.41, 5.74) is 7.81. The van der Waals surface area contributed by atoms with Crippen molar-refractivity contribution < 1.29 is 4.39 Å². The molecule has 0 radical (unpaired) electrons. The van der Waals surface area contributed by atoms with Gasteiger partial charge in [0.25, 0.3) is 0 Å². The van der Waals surface area contributed by atoms with E-state index in [0.29, 0.717) is 0 Å². The molecule has 0 aliphatic rings. The second kappa shape index (κ2) is 7.13. The maximum Gasteiger partial charge on any atom is 0.124 e. The zero-order valence-corrected chi connectivity index (χ0v) is 17.2. The summed E-state index contributed by atoms with van der Waals surface area (Å²) in [4.78, 5) is 12.4. The fraction of sp³-hybridized carbons (Fsp3) is 0.0385. The summed E-state index contributed by atoms with van der Waals surface area (Å²) in [6, 6.07) is 20.9. The minimum Gasteiger partial charge on any atom is -0.353 e. The molecule has 0 aliphatic carbocycles. The molecule has 0 atom stereocenters. The molecular formula is C26H18FN5. The Balaban J connectivity index is 1.52. The van der Waals surface area contributed by atoms with Crippen molar-refractivity contribution in [3.63, 3.8) is 0 Å². The highest BCUT2D eigenvalue weighted by molar-refractivity contribution is 6.01. The first-order valence-corrected chi connectivity index (χ1v) is 10.3. The molecule has 0 aliphatic heterocycles. The zero-order valence-electron chi connectivity index (χ0n) is 17.2. The summed E-state index contributed by atoms with van der Waals surface area (Å²) in [5.74, 6) is -0.236. The summed E-state index contributed by atoms with van der Waals surface area (Å²) < 4.78 is 14.1. The first-order valence-electron chi connectivity index (χ1n) is 10.3. The van der Waals surface area contributed by atoms with Gasteiger partial charge in [0.05, 0.1) is 28.8 Å². The van der Waals surface area contributed by atoms with E-state index in [1.807, 2.05) is 55.5 Å². The molecule has 6 heteroatoms. The summed E-state index contributed by atoms with van der Waals surface area (Å²) in [7, 11) is 0. The third kappa shape index (κ3) is 3.04. The van der Waals surface area contributed by atoms with Crippen molar-refractivity contribution in [2.45, 2.75) is 6.92 Å². The van der Waals surface area contributed by atoms with Crippen LogP contribution in [0.5, 0.6) is 0 Å². The van der Waals surface area contributed by atoms with E-state index in [0.717, 1.165) is 61.3 Å². The van der Waals surface area contributed by atoms with Crippen molar-refractivity contribution in [1.82, 2.24) is 25.1 Å². The van der Waals surface area contributed by atoms with Gasteiger partial charge >= 0.3 is 0 Å². The average molecular weight is 419 g/mol. The van der Waals surface area contributed by atoms with Gasteiger partial charge in [-0.05, 0) is 66.1 Å². The van der Waals surface area contributed by atoms with Gasteiger partial charge in [-0.25, -0.2) is 4.39 Å². The number of rotatable bonds is 3. The Morgan fingerprint density at radius 2 is 1.75 bits per heavy atom. The molecule has 5 nitrogen and oxygen atoms in total. The highest BCUT2D eigenvalue weighted by Crippen LogP contribution is 2.35. The summed E-state index contributed by atoms with van der Waals surface area (Å²) in [6.07, 6.45) is 3.53. The highest BCUT2D eigenvalue weighted by atomic mass is 19.1. The molecule has 0 bridgehead atoms. The van der Waals surface area contributed by atoms with E-state index in [1.165, 1.54) is 6.07 Å². The van der Waals surface area contributed by atoms with Crippen molar-refractivity contribution in [1.29, 1.82) is 0 Å². The van der Waals surface area contributed by atoms with Crippen LogP contribution in [0.15, 0.2) is 79.1 Å². The third-order valence-electron chi connectivity index (χ3n) is 5.65. The second-order valence-electron chi connectivity index (χ2n) is 7.87. The SMILES string of the molecule is Cc1cc(F)cc(-c2cccc3[nH]c(-c4n[nH]c5cnc(-c6ccccn6)cc45)cc23)c1. The smallest absolute Gasteiger partial charge is 0.124 e. The molecule has 154 valence electrons. The topological polar surface area (TPSA) is 70.2 Å². The molecule has 2 aromatic carbocycles. The fourth-order valence-corrected chi connectivity index (χ4v) is 4.20. The number of aromatic amines is 2. The Labute approximate surface area is 183 Å². The lowest BCUT2D eigenvalue weighted by Gasteiger charge is -2.05. The van der Waals surface area contributed by atoms with Crippen LogP contribution >= 0.6 is 0 Å². The van der Waals surface area contributed by atoms with E-state index in [9.17, 15) is 4.39 Å². The number of aromatic nitrogens is 5. The Morgan fingerprint density at radius 3 is 2.59 bits per heavy atom. The van der Waals surface area contributed by atoms with Crippen LogP contribution in [0, 0.1) is 12.7 Å². The lowest BCUT2D eigenvalue weighted by Crippen LogP contribution is -1.86. The molecule has 4 aromatic heterocycles. The predicted molar refractivity (Wildman–Crippen MR) is 125 cm³/mol. The van der Waals surface area contributed by atoms with E-state index >= 15 is 0 Å². The first-order chi connectivity index (χ1) is 15.7. The van der Waals surface area contributed by atoms with E-state index < -0.39 is 0 Å². The number of pyridine rings is 2. The van der Waals surface area contributed by atoms with Gasteiger partial charge in [0.2, 0.25) is 0 Å². The highest BCUT2D eigenvalue weighted by Gasteiger charge is 2.15. The number of H-pyrrole nitrogens is 2. The van der Waals surface area contributed by atoms with E-state index in [-0.39, 0.29) is 5.82 Å². The molecule has 0 saturated heterocycles. The van der Waals surface area contributed by atoms with Crippen LogP contribution in [0.1, 0.15) is 5.56 Å². The van der Waals surface area contributed by atoms with Crippen molar-refractivity contribution in [2.75, 3.05) is 0 Å². The number of aryl methyl sites for hydroxylation is 1. The molecule has 0 spiro atoms. The van der Waals surface area contributed by atoms with Gasteiger partial charge in [-0.15, -0.1) is 0 Å². The molecule has 2 N–H and O–H groups in total. The number of benzene rings is 2. The molecule has 0 saturated carbocycles. The maximum absolute atomic E-state index is 14.1. The van der Waals surface area contributed by atoms with Crippen molar-refractivity contribution in [2.24, 2.45) is 0 Å². The molecule has 0 amide bonds. The van der Waals surface area contributed by atoms with Gasteiger partial charge in [0, 0.05) is 22.5 Å². The van der Waals surface area contributed by atoms with Crippen molar-refractivity contribution in [3.8, 4) is 33.9 Å². The fourth-order valence-electron chi connectivity index (χ4n) is 4.20. The van der Waals surface area contributed by atoms with Crippen molar-refractivity contribution in [3.05, 3.63) is 90.5 Å². The number of hydrogen-bond donors (Lipinski definition) is 2. The van der Waals surface area contributed by atoms with Gasteiger partial charge in [-0.1, -0.05) is 24.3 Å². The summed E-state index contributed by atoms with van der Waals surface area (Å²) >= 11 is 0. The van der Waals surface area contributed by atoms with Crippen LogP contribution in [-0.4, -0.2) is 25.1 Å². The van der Waals surface area contributed by atoms with Crippen LogP contribution in [0.4, 0.5) is 4.39 Å². The molecule has 4 heterocycles. The molecule has 32 heavy (non-hydrogen) atoms. The minimum absolute atomic E-state index is 0.236. The monoisotopic (exact) mass is 419 g/mol. The lowest BCUT2D eigenvalue weighted by molar-refractivity contribution is 0.627. The Bertz CT molecular complexity index is 1580. The molecule has 6 aromatic rings. The standard InChI is InChI=1S/C26H18FN5/c1-15-9-16(11-17(27)10-15)18-5-4-7-21-19(18)12-24(30-21)26-20-13-23(22-6-2-3-8-28-22)29-14-25(20)31-32-26/h2-14,30H,1H3,(H,31,32). The number of hydrogen-bond acceptors (Lipinski definition) is 3. The second-order valence-corrected chi connectivity index (χ2v) is 7.87. The van der Waals surface area contributed by atoms with Crippen LogP contribution < -0.4 is 0 Å². The van der Waals surface area contributed by atoms with Gasteiger partial charge in [0.1, 0.15) is 11.5 Å². The average Bonchev–Trinajstić information content (AvgIpc) is 3.42. The number of fused-ring (bicyclic) bond motifs is 2. The zero-order chi connectivity index (χ0) is 21.7. The molecule has 0 unspecified atom stereocenters. The summed E-state index contributed by atoms with van der Waals surface area (Å²) in [6.45, 7) is 1.90. The van der Waals surface area contributed by atoms with E-state index in [4.69, 9.17) is 0 Å². The Kier molecular flexibility index (Phi) is 4.11.